The van der Waals surface area contributed by atoms with Crippen LogP contribution in [0.4, 0.5) is 4.39 Å². The summed E-state index contributed by atoms with van der Waals surface area (Å²) in [6, 6.07) is 13.6. The normalized spacial score (nSPS) is 15.0. The molecule has 2 heterocycles. The summed E-state index contributed by atoms with van der Waals surface area (Å²) in [5.41, 5.74) is 2.40. The van der Waals surface area contributed by atoms with Crippen molar-refractivity contribution in [1.82, 2.24) is 20.2 Å². The van der Waals surface area contributed by atoms with Gasteiger partial charge in [0.15, 0.2) is 0 Å². The van der Waals surface area contributed by atoms with Crippen molar-refractivity contribution >= 4 is 11.8 Å². The first-order valence-electron chi connectivity index (χ1n) is 13.4. The number of nitrogens with one attached hydrogen (secondary N) is 2. The Balaban J connectivity index is 1.48. The Kier molecular flexibility index (Phi) is 9.15. The Morgan fingerprint density at radius 2 is 1.97 bits per heavy atom. The first-order chi connectivity index (χ1) is 18.4. The molecule has 1 unspecified atom stereocenters. The first-order valence-corrected chi connectivity index (χ1v) is 13.4. The van der Waals surface area contributed by atoms with Gasteiger partial charge in [-0.05, 0) is 48.2 Å². The molecule has 0 spiro atoms. The fraction of sp³-hybridized carbons (Fsp3) is 0.433. The molecule has 0 bridgehead atoms. The lowest BCUT2D eigenvalue weighted by Crippen LogP contribution is -2.65. The maximum Gasteiger partial charge on any atom is 0.245 e. The summed E-state index contributed by atoms with van der Waals surface area (Å²) in [6.45, 7) is 3.19. The van der Waals surface area contributed by atoms with Gasteiger partial charge in [0.2, 0.25) is 11.8 Å². The smallest absolute Gasteiger partial charge is 0.245 e. The van der Waals surface area contributed by atoms with E-state index in [1.807, 2.05) is 30.3 Å². The molecule has 0 radical (unpaired) electrons. The van der Waals surface area contributed by atoms with Crippen LogP contribution in [0.25, 0.3) is 0 Å². The van der Waals surface area contributed by atoms with Crippen LogP contribution >= 0.6 is 0 Å². The number of aromatic nitrogens is 2. The van der Waals surface area contributed by atoms with E-state index >= 15 is 0 Å². The van der Waals surface area contributed by atoms with Crippen LogP contribution in [0.15, 0.2) is 61.1 Å². The van der Waals surface area contributed by atoms with Crippen LogP contribution in [-0.2, 0) is 27.8 Å². The highest BCUT2D eigenvalue weighted by molar-refractivity contribution is 5.88. The molecule has 4 rings (SSSR count). The third kappa shape index (κ3) is 6.79. The summed E-state index contributed by atoms with van der Waals surface area (Å²) < 4.78 is 19.4. The molecule has 38 heavy (non-hydrogen) atoms. The molecule has 1 fully saturated rings. The third-order valence-corrected chi connectivity index (χ3v) is 7.39. The minimum Gasteiger partial charge on any atom is -0.497 e. The van der Waals surface area contributed by atoms with Gasteiger partial charge in [-0.3, -0.25) is 9.59 Å². The highest BCUT2D eigenvalue weighted by Crippen LogP contribution is 2.40. The Labute approximate surface area is 223 Å². The number of likely N-dealkylation sites (tertiary alicyclic amines) is 1. The summed E-state index contributed by atoms with van der Waals surface area (Å²) in [5.74, 6) is 0.161. The van der Waals surface area contributed by atoms with Crippen molar-refractivity contribution < 1.29 is 18.7 Å². The van der Waals surface area contributed by atoms with Gasteiger partial charge in [0.05, 0.1) is 19.1 Å². The monoisotopic (exact) mass is 520 g/mol. The SMILES string of the molecule is CCCCCC1(c2cccc(F)c2)CN(C(=O)C(Cc2ccc(OC)cc2)NC(=O)CCc2c[nH]cn2)C1. The average molecular weight is 521 g/mol. The number of halogens is 1. The zero-order chi connectivity index (χ0) is 27.0. The van der Waals surface area contributed by atoms with Gasteiger partial charge < -0.3 is 19.9 Å². The second kappa shape index (κ2) is 12.7. The van der Waals surface area contributed by atoms with Gasteiger partial charge in [-0.25, -0.2) is 9.37 Å². The summed E-state index contributed by atoms with van der Waals surface area (Å²) in [4.78, 5) is 35.4. The number of nitrogens with zero attached hydrogens (tertiary/aromatic N) is 2. The molecule has 1 aliphatic rings. The van der Waals surface area contributed by atoms with Crippen molar-refractivity contribution in [1.29, 1.82) is 0 Å². The lowest BCUT2D eigenvalue weighted by atomic mass is 9.70. The number of ether oxygens (including phenoxy) is 1. The van der Waals surface area contributed by atoms with Gasteiger partial charge in [-0.15, -0.1) is 0 Å². The second-order valence-electron chi connectivity index (χ2n) is 10.2. The number of unbranched alkanes of at least 4 members (excludes halogenated alkanes) is 2. The maximum atomic E-state index is 14.1. The Morgan fingerprint density at radius 3 is 2.63 bits per heavy atom. The van der Waals surface area contributed by atoms with E-state index in [0.717, 1.165) is 48.3 Å². The number of H-pyrrole nitrogens is 1. The molecular formula is C30H37FN4O3. The number of hydrogen-bond acceptors (Lipinski definition) is 4. The van der Waals surface area contributed by atoms with Crippen molar-refractivity contribution in [3.63, 3.8) is 0 Å². The van der Waals surface area contributed by atoms with Crippen molar-refractivity contribution in [3.05, 3.63) is 83.7 Å². The standard InChI is InChI=1S/C30H37FN4O3/c1-3-4-5-15-30(23-7-6-8-24(31)17-23)19-35(20-30)29(37)27(16-22-9-12-26(38-2)13-10-22)34-28(36)14-11-25-18-32-21-33-25/h6-10,12-13,17-18,21,27H,3-5,11,14-16,19-20H2,1-2H3,(H,32,33)(H,34,36). The molecular weight excluding hydrogens is 483 g/mol. The minimum atomic E-state index is -0.698. The van der Waals surface area contributed by atoms with Crippen molar-refractivity contribution in [2.75, 3.05) is 20.2 Å². The average Bonchev–Trinajstić information content (AvgIpc) is 3.42. The van der Waals surface area contributed by atoms with E-state index in [-0.39, 0.29) is 29.5 Å². The fourth-order valence-corrected chi connectivity index (χ4v) is 5.21. The van der Waals surface area contributed by atoms with Crippen LogP contribution < -0.4 is 10.1 Å². The molecule has 1 atom stereocenters. The number of aryl methyl sites for hydroxylation is 1. The Hall–Kier alpha value is -3.68. The predicted molar refractivity (Wildman–Crippen MR) is 144 cm³/mol. The van der Waals surface area contributed by atoms with Crippen LogP contribution in [0.1, 0.15) is 55.8 Å². The number of rotatable bonds is 13. The quantitative estimate of drug-likeness (QED) is 0.323. The number of methoxy groups -OCH3 is 1. The maximum absolute atomic E-state index is 14.1. The number of hydrogen-bond donors (Lipinski definition) is 2. The second-order valence-corrected chi connectivity index (χ2v) is 10.2. The van der Waals surface area contributed by atoms with Crippen LogP contribution in [-0.4, -0.2) is 52.9 Å². The van der Waals surface area contributed by atoms with Crippen LogP contribution in [0.3, 0.4) is 0 Å². The predicted octanol–water partition coefficient (Wildman–Crippen LogP) is 4.58. The largest absolute Gasteiger partial charge is 0.497 e. The van der Waals surface area contributed by atoms with E-state index in [0.29, 0.717) is 25.9 Å². The molecule has 1 saturated heterocycles. The number of carbonyl (C=O) groups excluding carboxylic acids is 2. The van der Waals surface area contributed by atoms with E-state index in [2.05, 4.69) is 22.2 Å². The number of imidazole rings is 1. The van der Waals surface area contributed by atoms with Gasteiger partial charge >= 0.3 is 0 Å². The van der Waals surface area contributed by atoms with Gasteiger partial charge in [0.1, 0.15) is 17.6 Å². The number of aromatic amines is 1. The summed E-state index contributed by atoms with van der Waals surface area (Å²) >= 11 is 0. The molecule has 2 aromatic carbocycles. The minimum absolute atomic E-state index is 0.114. The summed E-state index contributed by atoms with van der Waals surface area (Å²) in [6.07, 6.45) is 8.55. The lowest BCUT2D eigenvalue weighted by molar-refractivity contribution is -0.143. The van der Waals surface area contributed by atoms with Gasteiger partial charge in [0, 0.05) is 37.5 Å². The van der Waals surface area contributed by atoms with Crippen molar-refractivity contribution in [2.24, 2.45) is 0 Å². The molecule has 2 N–H and O–H groups in total. The zero-order valence-corrected chi connectivity index (χ0v) is 22.2. The van der Waals surface area contributed by atoms with Gasteiger partial charge in [-0.2, -0.15) is 0 Å². The highest BCUT2D eigenvalue weighted by atomic mass is 19.1. The molecule has 7 nitrogen and oxygen atoms in total. The lowest BCUT2D eigenvalue weighted by Gasteiger charge is -2.52. The van der Waals surface area contributed by atoms with E-state index in [1.165, 1.54) is 6.07 Å². The van der Waals surface area contributed by atoms with E-state index in [4.69, 9.17) is 4.74 Å². The Morgan fingerprint density at radius 1 is 1.18 bits per heavy atom. The number of amides is 2. The van der Waals surface area contributed by atoms with E-state index in [9.17, 15) is 14.0 Å². The van der Waals surface area contributed by atoms with E-state index < -0.39 is 6.04 Å². The fourth-order valence-electron chi connectivity index (χ4n) is 5.21. The first kappa shape index (κ1) is 27.4. The van der Waals surface area contributed by atoms with Gasteiger partial charge in [0.25, 0.3) is 0 Å². The van der Waals surface area contributed by atoms with Crippen LogP contribution in [0.5, 0.6) is 5.75 Å². The third-order valence-electron chi connectivity index (χ3n) is 7.39. The Bertz CT molecular complexity index is 1190. The van der Waals surface area contributed by atoms with Gasteiger partial charge in [-0.1, -0.05) is 50.5 Å². The zero-order valence-electron chi connectivity index (χ0n) is 22.2. The van der Waals surface area contributed by atoms with Crippen molar-refractivity contribution in [2.45, 2.75) is 63.3 Å². The van der Waals surface area contributed by atoms with E-state index in [1.54, 1.807) is 36.7 Å². The summed E-state index contributed by atoms with van der Waals surface area (Å²) in [7, 11) is 1.61. The molecule has 1 aliphatic heterocycles. The topological polar surface area (TPSA) is 87.3 Å². The molecule has 0 aliphatic carbocycles. The van der Waals surface area contributed by atoms with Crippen LogP contribution in [0, 0.1) is 5.82 Å². The molecule has 2 amide bonds. The van der Waals surface area contributed by atoms with Crippen molar-refractivity contribution in [3.8, 4) is 5.75 Å². The molecule has 8 heteroatoms. The molecule has 3 aromatic rings. The van der Waals surface area contributed by atoms with Crippen LogP contribution in [0.2, 0.25) is 0 Å². The molecule has 0 saturated carbocycles. The summed E-state index contributed by atoms with van der Waals surface area (Å²) in [5, 5.41) is 2.97. The highest BCUT2D eigenvalue weighted by Gasteiger charge is 2.47. The molecule has 1 aromatic heterocycles. The molecule has 202 valence electrons. The number of carbonyl (C=O) groups is 2. The number of benzene rings is 2.